The number of hydrogen-bond acceptors (Lipinski definition) is 3. The Kier molecular flexibility index (Phi) is 1.98. The van der Waals surface area contributed by atoms with Crippen molar-refractivity contribution in [3.05, 3.63) is 35.2 Å². The zero-order valence-electron chi connectivity index (χ0n) is 7.10. The molecule has 2 aromatic rings. The van der Waals surface area contributed by atoms with Crippen molar-refractivity contribution in [1.82, 2.24) is 9.55 Å². The van der Waals surface area contributed by atoms with Gasteiger partial charge in [-0.3, -0.25) is 9.36 Å². The van der Waals surface area contributed by atoms with Crippen LogP contribution < -0.4 is 0 Å². The van der Waals surface area contributed by atoms with Crippen LogP contribution in [0, 0.1) is 6.92 Å². The smallest absolute Gasteiger partial charge is 0.160 e. The molecule has 0 aliphatic heterocycles. The summed E-state index contributed by atoms with van der Waals surface area (Å²) in [5.41, 5.74) is 0. The highest BCUT2D eigenvalue weighted by atomic mass is 32.1. The Morgan fingerprint density at radius 2 is 2.38 bits per heavy atom. The molecule has 0 saturated carbocycles. The number of carbonyl (C=O) groups is 1. The molecular formula is C9H8N2OS. The van der Waals surface area contributed by atoms with Crippen molar-refractivity contribution in [3.63, 3.8) is 0 Å². The fraction of sp³-hybridized carbons (Fsp3) is 0.111. The third kappa shape index (κ3) is 1.40. The second-order valence-electron chi connectivity index (χ2n) is 2.64. The van der Waals surface area contributed by atoms with Crippen LogP contribution in [0.4, 0.5) is 0 Å². The molecule has 0 amide bonds. The van der Waals surface area contributed by atoms with Crippen molar-refractivity contribution < 1.29 is 4.79 Å². The Bertz CT molecular complexity index is 430. The zero-order chi connectivity index (χ0) is 9.26. The summed E-state index contributed by atoms with van der Waals surface area (Å²) in [5.74, 6) is 0.930. The van der Waals surface area contributed by atoms with Gasteiger partial charge in [-0.05, 0) is 19.1 Å². The largest absolute Gasteiger partial charge is 0.297 e. The summed E-state index contributed by atoms with van der Waals surface area (Å²) < 4.78 is 1.96. The van der Waals surface area contributed by atoms with Crippen LogP contribution in [0.25, 0.3) is 5.00 Å². The molecule has 0 spiro atoms. The predicted molar refractivity (Wildman–Crippen MR) is 51.6 cm³/mol. The van der Waals surface area contributed by atoms with Crippen molar-refractivity contribution in [2.24, 2.45) is 0 Å². The Morgan fingerprint density at radius 3 is 2.92 bits per heavy atom. The average Bonchev–Trinajstić information content (AvgIpc) is 2.71. The van der Waals surface area contributed by atoms with Gasteiger partial charge < -0.3 is 0 Å². The van der Waals surface area contributed by atoms with Crippen LogP contribution >= 0.6 is 11.3 Å². The third-order valence-electron chi connectivity index (χ3n) is 1.79. The lowest BCUT2D eigenvalue weighted by atomic mass is 10.5. The highest BCUT2D eigenvalue weighted by Crippen LogP contribution is 2.20. The molecular weight excluding hydrogens is 184 g/mol. The van der Waals surface area contributed by atoms with Crippen molar-refractivity contribution in [1.29, 1.82) is 0 Å². The van der Waals surface area contributed by atoms with Crippen LogP contribution in [0.2, 0.25) is 0 Å². The lowest BCUT2D eigenvalue weighted by Gasteiger charge is -1.98. The van der Waals surface area contributed by atoms with E-state index >= 15 is 0 Å². The Morgan fingerprint density at radius 1 is 1.54 bits per heavy atom. The minimum Gasteiger partial charge on any atom is -0.297 e. The van der Waals surface area contributed by atoms with Gasteiger partial charge in [-0.25, -0.2) is 4.98 Å². The van der Waals surface area contributed by atoms with Gasteiger partial charge in [0, 0.05) is 12.4 Å². The second kappa shape index (κ2) is 3.14. The molecule has 0 saturated heterocycles. The maximum absolute atomic E-state index is 10.5. The van der Waals surface area contributed by atoms with Crippen LogP contribution in [0.15, 0.2) is 24.5 Å². The number of hydrogen-bond donors (Lipinski definition) is 0. The van der Waals surface area contributed by atoms with Gasteiger partial charge in [0.25, 0.3) is 0 Å². The average molecular weight is 192 g/mol. The van der Waals surface area contributed by atoms with Crippen molar-refractivity contribution in [2.75, 3.05) is 0 Å². The number of aldehydes is 1. The quantitative estimate of drug-likeness (QED) is 0.682. The van der Waals surface area contributed by atoms with Gasteiger partial charge in [-0.1, -0.05) is 0 Å². The molecule has 0 bridgehead atoms. The van der Waals surface area contributed by atoms with Crippen LogP contribution in [0.3, 0.4) is 0 Å². The summed E-state index contributed by atoms with van der Waals surface area (Å²) in [4.78, 5) is 15.3. The predicted octanol–water partition coefficient (Wildman–Crippen LogP) is 2.05. The van der Waals surface area contributed by atoms with E-state index in [0.29, 0.717) is 0 Å². The van der Waals surface area contributed by atoms with Gasteiger partial charge in [0.15, 0.2) is 6.29 Å². The van der Waals surface area contributed by atoms with Crippen LogP contribution in [0.5, 0.6) is 0 Å². The first-order valence-electron chi connectivity index (χ1n) is 3.86. The maximum atomic E-state index is 10.5. The molecule has 13 heavy (non-hydrogen) atoms. The number of thiophene rings is 1. The number of nitrogens with zero attached hydrogens (tertiary/aromatic N) is 2. The second-order valence-corrected chi connectivity index (χ2v) is 3.73. The molecule has 2 rings (SSSR count). The number of rotatable bonds is 2. The highest BCUT2D eigenvalue weighted by Gasteiger charge is 2.03. The summed E-state index contributed by atoms with van der Waals surface area (Å²) >= 11 is 1.46. The molecule has 2 heterocycles. The summed E-state index contributed by atoms with van der Waals surface area (Å²) in [6.45, 7) is 1.93. The first-order valence-corrected chi connectivity index (χ1v) is 4.68. The molecule has 0 aliphatic carbocycles. The zero-order valence-corrected chi connectivity index (χ0v) is 7.91. The third-order valence-corrected chi connectivity index (χ3v) is 2.80. The normalized spacial score (nSPS) is 10.2. The van der Waals surface area contributed by atoms with E-state index in [1.807, 2.05) is 29.8 Å². The topological polar surface area (TPSA) is 34.9 Å². The van der Waals surface area contributed by atoms with Crippen molar-refractivity contribution in [3.8, 4) is 5.00 Å². The fourth-order valence-corrected chi connectivity index (χ4v) is 2.00. The summed E-state index contributed by atoms with van der Waals surface area (Å²) in [6, 6.07) is 3.73. The van der Waals surface area contributed by atoms with E-state index in [9.17, 15) is 4.79 Å². The SMILES string of the molecule is Cc1nccn1-c1ccc(C=O)s1. The fourth-order valence-electron chi connectivity index (χ4n) is 1.15. The van der Waals surface area contributed by atoms with E-state index in [-0.39, 0.29) is 0 Å². The first-order chi connectivity index (χ1) is 6.31. The number of imidazole rings is 1. The Hall–Kier alpha value is -1.42. The van der Waals surface area contributed by atoms with Crippen LogP contribution in [-0.2, 0) is 0 Å². The Balaban J connectivity index is 2.46. The number of aromatic nitrogens is 2. The molecule has 0 fully saturated rings. The molecule has 3 nitrogen and oxygen atoms in total. The number of aryl methyl sites for hydroxylation is 1. The summed E-state index contributed by atoms with van der Waals surface area (Å²) in [7, 11) is 0. The molecule has 0 aliphatic rings. The van der Waals surface area contributed by atoms with Gasteiger partial charge in [0.2, 0.25) is 0 Å². The van der Waals surface area contributed by atoms with Crippen LogP contribution in [-0.4, -0.2) is 15.8 Å². The van der Waals surface area contributed by atoms with Crippen LogP contribution in [0.1, 0.15) is 15.5 Å². The van der Waals surface area contributed by atoms with Gasteiger partial charge in [-0.2, -0.15) is 0 Å². The molecule has 4 heteroatoms. The Labute approximate surface area is 79.7 Å². The van der Waals surface area contributed by atoms with Gasteiger partial charge in [-0.15, -0.1) is 11.3 Å². The first kappa shape index (κ1) is 8.19. The summed E-state index contributed by atoms with van der Waals surface area (Å²) in [6.07, 6.45) is 4.49. The lowest BCUT2D eigenvalue weighted by Crippen LogP contribution is -1.90. The van der Waals surface area contributed by atoms with Gasteiger partial charge >= 0.3 is 0 Å². The summed E-state index contributed by atoms with van der Waals surface area (Å²) in [5, 5.41) is 1.03. The van der Waals surface area contributed by atoms with Gasteiger partial charge in [0.05, 0.1) is 4.88 Å². The maximum Gasteiger partial charge on any atom is 0.160 e. The van der Waals surface area contributed by atoms with E-state index in [1.54, 1.807) is 6.20 Å². The van der Waals surface area contributed by atoms with E-state index in [1.165, 1.54) is 11.3 Å². The van der Waals surface area contributed by atoms with Crippen molar-refractivity contribution >= 4 is 17.6 Å². The molecule has 0 radical (unpaired) electrons. The minimum atomic E-state index is 0.739. The highest BCUT2D eigenvalue weighted by molar-refractivity contribution is 7.16. The van der Waals surface area contributed by atoms with E-state index < -0.39 is 0 Å². The van der Waals surface area contributed by atoms with Crippen molar-refractivity contribution in [2.45, 2.75) is 6.92 Å². The molecule has 0 aromatic carbocycles. The van der Waals surface area contributed by atoms with Gasteiger partial charge in [0.1, 0.15) is 10.8 Å². The number of carbonyl (C=O) groups excluding carboxylic acids is 1. The monoisotopic (exact) mass is 192 g/mol. The minimum absolute atomic E-state index is 0.739. The molecule has 66 valence electrons. The molecule has 0 N–H and O–H groups in total. The lowest BCUT2D eigenvalue weighted by molar-refractivity contribution is 0.112. The molecule has 2 aromatic heterocycles. The van der Waals surface area contributed by atoms with E-state index in [2.05, 4.69) is 4.98 Å². The van der Waals surface area contributed by atoms with E-state index in [0.717, 1.165) is 22.0 Å². The van der Waals surface area contributed by atoms with E-state index in [4.69, 9.17) is 0 Å². The molecule has 0 atom stereocenters. The standard InChI is InChI=1S/C9H8N2OS/c1-7-10-4-5-11(7)9-3-2-8(6-12)13-9/h2-6H,1H3. The molecule has 0 unspecified atom stereocenters.